The number of rotatable bonds is 4. The van der Waals surface area contributed by atoms with Crippen LogP contribution in [0.15, 0.2) is 40.2 Å². The maximum absolute atomic E-state index is 5.73. The second kappa shape index (κ2) is 5.34. The number of hydrogen-bond acceptors (Lipinski definition) is 6. The highest BCUT2D eigenvalue weighted by Crippen LogP contribution is 2.30. The minimum atomic E-state index is 0.438. The molecule has 0 aliphatic heterocycles. The van der Waals surface area contributed by atoms with Gasteiger partial charge in [-0.05, 0) is 23.6 Å². The van der Waals surface area contributed by atoms with E-state index >= 15 is 0 Å². The molecule has 5 nitrogen and oxygen atoms in total. The monoisotopic (exact) mass is 287 g/mol. The van der Waals surface area contributed by atoms with Gasteiger partial charge >= 0.3 is 0 Å². The smallest absolute Gasteiger partial charge is 0.261 e. The lowest BCUT2D eigenvalue weighted by atomic mass is 10.2. The number of methoxy groups -OCH3 is 1. The molecule has 102 valence electrons. The van der Waals surface area contributed by atoms with Crippen molar-refractivity contribution in [1.82, 2.24) is 10.1 Å². The molecular formula is C14H13N3O2S. The highest BCUT2D eigenvalue weighted by Gasteiger charge is 2.14. The van der Waals surface area contributed by atoms with E-state index < -0.39 is 0 Å². The maximum atomic E-state index is 5.73. The quantitative estimate of drug-likeness (QED) is 0.747. The molecule has 0 amide bonds. The standard InChI is InChI=1S/C14H13N3O2S/c1-18-12-7-9(15)4-5-11(12)14-16-13(17-19-14)8-10-3-2-6-20-10/h2-7H,8,15H2,1H3. The summed E-state index contributed by atoms with van der Waals surface area (Å²) in [4.78, 5) is 5.60. The van der Waals surface area contributed by atoms with Gasteiger partial charge in [-0.3, -0.25) is 0 Å². The third-order valence-electron chi connectivity index (χ3n) is 2.84. The Kier molecular flexibility index (Phi) is 3.39. The molecule has 1 aromatic carbocycles. The van der Waals surface area contributed by atoms with E-state index in [0.29, 0.717) is 29.6 Å². The van der Waals surface area contributed by atoms with E-state index in [1.807, 2.05) is 23.6 Å². The lowest BCUT2D eigenvalue weighted by molar-refractivity contribution is 0.403. The predicted octanol–water partition coefficient (Wildman–Crippen LogP) is 2.98. The molecule has 2 aromatic heterocycles. The van der Waals surface area contributed by atoms with Gasteiger partial charge in [0.05, 0.1) is 12.7 Å². The second-order valence-corrected chi connectivity index (χ2v) is 5.26. The summed E-state index contributed by atoms with van der Waals surface area (Å²) in [5.74, 6) is 1.71. The highest BCUT2D eigenvalue weighted by molar-refractivity contribution is 7.09. The summed E-state index contributed by atoms with van der Waals surface area (Å²) in [7, 11) is 1.58. The number of hydrogen-bond donors (Lipinski definition) is 1. The number of ether oxygens (including phenoxy) is 1. The van der Waals surface area contributed by atoms with E-state index in [1.165, 1.54) is 4.88 Å². The van der Waals surface area contributed by atoms with Crippen LogP contribution in [0.5, 0.6) is 5.75 Å². The second-order valence-electron chi connectivity index (χ2n) is 4.23. The summed E-state index contributed by atoms with van der Waals surface area (Å²) in [6.45, 7) is 0. The molecule has 0 saturated carbocycles. The summed E-state index contributed by atoms with van der Waals surface area (Å²) < 4.78 is 10.6. The van der Waals surface area contributed by atoms with Gasteiger partial charge in [-0.15, -0.1) is 11.3 Å². The lowest BCUT2D eigenvalue weighted by Gasteiger charge is -2.05. The van der Waals surface area contributed by atoms with Gasteiger partial charge in [0.2, 0.25) is 0 Å². The Morgan fingerprint density at radius 1 is 1.35 bits per heavy atom. The Morgan fingerprint density at radius 2 is 2.25 bits per heavy atom. The lowest BCUT2D eigenvalue weighted by Crippen LogP contribution is -1.92. The average Bonchev–Trinajstić information content (AvgIpc) is 3.11. The van der Waals surface area contributed by atoms with E-state index in [4.69, 9.17) is 15.0 Å². The van der Waals surface area contributed by atoms with Crippen molar-refractivity contribution in [1.29, 1.82) is 0 Å². The van der Waals surface area contributed by atoms with E-state index in [2.05, 4.69) is 10.1 Å². The van der Waals surface area contributed by atoms with Crippen LogP contribution in [0, 0.1) is 0 Å². The average molecular weight is 287 g/mol. The Labute approximate surface area is 120 Å². The van der Waals surface area contributed by atoms with Crippen molar-refractivity contribution in [2.45, 2.75) is 6.42 Å². The summed E-state index contributed by atoms with van der Waals surface area (Å²) in [6, 6.07) is 9.38. The number of thiophene rings is 1. The van der Waals surface area contributed by atoms with Crippen molar-refractivity contribution in [2.24, 2.45) is 0 Å². The SMILES string of the molecule is COc1cc(N)ccc1-c1nc(Cc2cccs2)no1. The van der Waals surface area contributed by atoms with Crippen LogP contribution in [0.1, 0.15) is 10.7 Å². The Morgan fingerprint density at radius 3 is 3.00 bits per heavy atom. The zero-order chi connectivity index (χ0) is 13.9. The molecule has 0 aliphatic rings. The van der Waals surface area contributed by atoms with Gasteiger partial charge in [0.15, 0.2) is 5.82 Å². The number of nitrogens with two attached hydrogens (primary N) is 1. The first kappa shape index (κ1) is 12.7. The molecule has 3 rings (SSSR count). The van der Waals surface area contributed by atoms with E-state index in [9.17, 15) is 0 Å². The van der Waals surface area contributed by atoms with Crippen LogP contribution in [0.4, 0.5) is 5.69 Å². The van der Waals surface area contributed by atoms with Crippen LogP contribution in [0.2, 0.25) is 0 Å². The predicted molar refractivity (Wildman–Crippen MR) is 77.8 cm³/mol. The van der Waals surface area contributed by atoms with E-state index in [1.54, 1.807) is 30.6 Å². The third kappa shape index (κ3) is 2.50. The molecule has 0 bridgehead atoms. The number of nitrogen functional groups attached to an aromatic ring is 1. The molecule has 0 saturated heterocycles. The minimum absolute atomic E-state index is 0.438. The largest absolute Gasteiger partial charge is 0.496 e. The molecular weight excluding hydrogens is 274 g/mol. The number of aromatic nitrogens is 2. The van der Waals surface area contributed by atoms with Gasteiger partial charge in [0, 0.05) is 23.1 Å². The summed E-state index contributed by atoms with van der Waals surface area (Å²) >= 11 is 1.67. The molecule has 0 fully saturated rings. The summed E-state index contributed by atoms with van der Waals surface area (Å²) in [5, 5.41) is 6.03. The van der Waals surface area contributed by atoms with Crippen molar-refractivity contribution in [3.05, 3.63) is 46.4 Å². The number of nitrogens with zero attached hydrogens (tertiary/aromatic N) is 2. The van der Waals surface area contributed by atoms with Crippen molar-refractivity contribution < 1.29 is 9.26 Å². The number of benzene rings is 1. The van der Waals surface area contributed by atoms with Crippen LogP contribution in [0.3, 0.4) is 0 Å². The maximum Gasteiger partial charge on any atom is 0.261 e. The van der Waals surface area contributed by atoms with Crippen molar-refractivity contribution >= 4 is 17.0 Å². The van der Waals surface area contributed by atoms with Gasteiger partial charge in [0.1, 0.15) is 5.75 Å². The van der Waals surface area contributed by atoms with E-state index in [-0.39, 0.29) is 0 Å². The third-order valence-corrected chi connectivity index (χ3v) is 3.71. The molecule has 0 atom stereocenters. The first-order valence-corrected chi connectivity index (χ1v) is 6.93. The van der Waals surface area contributed by atoms with Crippen molar-refractivity contribution in [3.8, 4) is 17.2 Å². The van der Waals surface area contributed by atoms with Crippen LogP contribution in [-0.2, 0) is 6.42 Å². The van der Waals surface area contributed by atoms with Gasteiger partial charge in [-0.25, -0.2) is 0 Å². The first-order chi connectivity index (χ1) is 9.76. The van der Waals surface area contributed by atoms with Gasteiger partial charge in [-0.1, -0.05) is 11.2 Å². The zero-order valence-electron chi connectivity index (χ0n) is 10.9. The Hall–Kier alpha value is -2.34. The molecule has 2 N–H and O–H groups in total. The first-order valence-electron chi connectivity index (χ1n) is 6.05. The van der Waals surface area contributed by atoms with Crippen LogP contribution >= 0.6 is 11.3 Å². The van der Waals surface area contributed by atoms with Gasteiger partial charge in [-0.2, -0.15) is 4.98 Å². The Balaban J connectivity index is 1.90. The fourth-order valence-corrected chi connectivity index (χ4v) is 2.59. The molecule has 0 unspecified atom stereocenters. The normalized spacial score (nSPS) is 10.7. The highest BCUT2D eigenvalue weighted by atomic mass is 32.1. The molecule has 0 spiro atoms. The molecule has 0 radical (unpaired) electrons. The topological polar surface area (TPSA) is 74.2 Å². The van der Waals surface area contributed by atoms with Crippen molar-refractivity contribution in [3.63, 3.8) is 0 Å². The zero-order valence-corrected chi connectivity index (χ0v) is 11.7. The molecule has 6 heteroatoms. The Bertz CT molecular complexity index is 707. The molecule has 3 aromatic rings. The molecule has 0 aliphatic carbocycles. The minimum Gasteiger partial charge on any atom is -0.496 e. The van der Waals surface area contributed by atoms with Crippen LogP contribution < -0.4 is 10.5 Å². The molecule has 20 heavy (non-hydrogen) atoms. The van der Waals surface area contributed by atoms with Gasteiger partial charge < -0.3 is 15.0 Å². The summed E-state index contributed by atoms with van der Waals surface area (Å²) in [6.07, 6.45) is 0.665. The van der Waals surface area contributed by atoms with Crippen LogP contribution in [-0.4, -0.2) is 17.3 Å². The fourth-order valence-electron chi connectivity index (χ4n) is 1.89. The number of anilines is 1. The van der Waals surface area contributed by atoms with Crippen LogP contribution in [0.25, 0.3) is 11.5 Å². The van der Waals surface area contributed by atoms with Gasteiger partial charge in [0.25, 0.3) is 5.89 Å². The molecule has 2 heterocycles. The van der Waals surface area contributed by atoms with Crippen molar-refractivity contribution in [2.75, 3.05) is 12.8 Å². The fraction of sp³-hybridized carbons (Fsp3) is 0.143. The van der Waals surface area contributed by atoms with E-state index in [0.717, 1.165) is 5.56 Å². The summed E-state index contributed by atoms with van der Waals surface area (Å²) in [5.41, 5.74) is 7.10.